The van der Waals surface area contributed by atoms with E-state index in [0.29, 0.717) is 12.1 Å². The summed E-state index contributed by atoms with van der Waals surface area (Å²) in [6, 6.07) is 0. The second kappa shape index (κ2) is 3.75. The molecule has 0 aromatic carbocycles. The van der Waals surface area contributed by atoms with Crippen molar-refractivity contribution in [3.8, 4) is 0 Å². The van der Waals surface area contributed by atoms with Gasteiger partial charge in [-0.05, 0) is 6.42 Å². The van der Waals surface area contributed by atoms with Crippen LogP contribution in [0, 0.1) is 0 Å². The topological polar surface area (TPSA) is 71.5 Å². The third-order valence-corrected chi connectivity index (χ3v) is 2.49. The summed E-state index contributed by atoms with van der Waals surface area (Å²) < 4.78 is 0. The van der Waals surface area contributed by atoms with Crippen molar-refractivity contribution in [2.45, 2.75) is 13.3 Å². The molecule has 0 saturated carbocycles. The first kappa shape index (κ1) is 10.3. The predicted octanol–water partition coefficient (Wildman–Crippen LogP) is 1.58. The SMILES string of the molecule is CCc1nc2c(Cl)n[nH]c(=O)c2nc1Cl. The van der Waals surface area contributed by atoms with Gasteiger partial charge in [-0.1, -0.05) is 30.1 Å². The van der Waals surface area contributed by atoms with Crippen LogP contribution in [0.1, 0.15) is 12.6 Å². The second-order valence-corrected chi connectivity index (χ2v) is 3.57. The van der Waals surface area contributed by atoms with Gasteiger partial charge >= 0.3 is 0 Å². The minimum Gasteiger partial charge on any atom is -0.265 e. The zero-order chi connectivity index (χ0) is 11.0. The van der Waals surface area contributed by atoms with Crippen molar-refractivity contribution in [1.29, 1.82) is 0 Å². The lowest BCUT2D eigenvalue weighted by molar-refractivity contribution is 0.973. The molecule has 0 spiro atoms. The molecule has 2 rings (SSSR count). The molecule has 0 fully saturated rings. The number of aromatic amines is 1. The number of fused-ring (bicyclic) bond motifs is 1. The Labute approximate surface area is 94.5 Å². The molecule has 0 aliphatic rings. The van der Waals surface area contributed by atoms with Gasteiger partial charge in [0.15, 0.2) is 15.8 Å². The van der Waals surface area contributed by atoms with Gasteiger partial charge in [0.05, 0.1) is 5.69 Å². The van der Waals surface area contributed by atoms with Crippen molar-refractivity contribution in [3.63, 3.8) is 0 Å². The number of halogens is 2. The molecule has 15 heavy (non-hydrogen) atoms. The number of hydrogen-bond donors (Lipinski definition) is 1. The number of rotatable bonds is 1. The molecule has 1 N–H and O–H groups in total. The standard InChI is InChI=1S/C8H6Cl2N4O/c1-2-3-6(9)12-5-4(11-3)7(10)13-14-8(5)15/h2H2,1H3,(H,14,15). The Morgan fingerprint density at radius 2 is 1.93 bits per heavy atom. The quantitative estimate of drug-likeness (QED) is 0.827. The largest absolute Gasteiger partial charge is 0.292 e. The molecule has 2 aromatic rings. The van der Waals surface area contributed by atoms with Crippen molar-refractivity contribution in [2.24, 2.45) is 0 Å². The molecule has 0 aliphatic carbocycles. The number of hydrogen-bond acceptors (Lipinski definition) is 4. The molecule has 7 heteroatoms. The fourth-order valence-corrected chi connectivity index (χ4v) is 1.62. The van der Waals surface area contributed by atoms with Gasteiger partial charge in [-0.3, -0.25) is 4.79 Å². The first-order valence-electron chi connectivity index (χ1n) is 4.23. The Bertz CT molecular complexity index is 581. The maximum Gasteiger partial charge on any atom is 0.292 e. The van der Waals surface area contributed by atoms with Crippen LogP contribution in [0.25, 0.3) is 11.0 Å². The summed E-state index contributed by atoms with van der Waals surface area (Å²) >= 11 is 11.6. The van der Waals surface area contributed by atoms with E-state index in [0.717, 1.165) is 0 Å². The third-order valence-electron chi connectivity index (χ3n) is 1.92. The van der Waals surface area contributed by atoms with Crippen LogP contribution in [0.4, 0.5) is 0 Å². The maximum atomic E-state index is 11.3. The van der Waals surface area contributed by atoms with Gasteiger partial charge in [0.1, 0.15) is 5.52 Å². The zero-order valence-corrected chi connectivity index (χ0v) is 9.22. The van der Waals surface area contributed by atoms with Gasteiger partial charge in [-0.15, -0.1) is 0 Å². The highest BCUT2D eigenvalue weighted by atomic mass is 35.5. The first-order chi connectivity index (χ1) is 7.13. The van der Waals surface area contributed by atoms with Crippen molar-refractivity contribution in [2.75, 3.05) is 0 Å². The van der Waals surface area contributed by atoms with Gasteiger partial charge in [0.25, 0.3) is 5.56 Å². The van der Waals surface area contributed by atoms with E-state index in [9.17, 15) is 4.79 Å². The Morgan fingerprint density at radius 3 is 2.60 bits per heavy atom. The minimum absolute atomic E-state index is 0.109. The van der Waals surface area contributed by atoms with E-state index in [1.807, 2.05) is 6.92 Å². The Morgan fingerprint density at radius 1 is 1.20 bits per heavy atom. The monoisotopic (exact) mass is 244 g/mol. The molecule has 0 bridgehead atoms. The molecule has 0 radical (unpaired) electrons. The zero-order valence-electron chi connectivity index (χ0n) is 7.71. The summed E-state index contributed by atoms with van der Waals surface area (Å²) in [5.74, 6) is 0. The predicted molar refractivity (Wildman–Crippen MR) is 57.4 cm³/mol. The summed E-state index contributed by atoms with van der Waals surface area (Å²) in [6.45, 7) is 1.89. The van der Waals surface area contributed by atoms with Gasteiger partial charge in [0.2, 0.25) is 0 Å². The fraction of sp³-hybridized carbons (Fsp3) is 0.250. The van der Waals surface area contributed by atoms with E-state index < -0.39 is 5.56 Å². The van der Waals surface area contributed by atoms with Crippen molar-refractivity contribution in [1.82, 2.24) is 20.2 Å². The Hall–Kier alpha value is -1.20. The van der Waals surface area contributed by atoms with Gasteiger partial charge in [-0.25, -0.2) is 15.1 Å². The molecular formula is C8H6Cl2N4O. The minimum atomic E-state index is -0.452. The highest BCUT2D eigenvalue weighted by molar-refractivity contribution is 6.34. The number of nitrogens with one attached hydrogen (secondary N) is 1. The molecule has 0 amide bonds. The van der Waals surface area contributed by atoms with E-state index in [1.54, 1.807) is 0 Å². The summed E-state index contributed by atoms with van der Waals surface area (Å²) in [7, 11) is 0. The summed E-state index contributed by atoms with van der Waals surface area (Å²) in [6.07, 6.45) is 0.616. The van der Waals surface area contributed by atoms with Crippen molar-refractivity contribution in [3.05, 3.63) is 26.4 Å². The van der Waals surface area contributed by atoms with E-state index in [-0.39, 0.29) is 21.3 Å². The lowest BCUT2D eigenvalue weighted by atomic mass is 10.3. The molecule has 5 nitrogen and oxygen atoms in total. The number of aromatic nitrogens is 4. The molecule has 2 aromatic heterocycles. The first-order valence-corrected chi connectivity index (χ1v) is 4.99. The summed E-state index contributed by atoms with van der Waals surface area (Å²) in [5.41, 5.74) is 0.531. The number of aryl methyl sites for hydroxylation is 1. The molecule has 0 saturated heterocycles. The van der Waals surface area contributed by atoms with Crippen LogP contribution in [-0.2, 0) is 6.42 Å². The molecule has 0 atom stereocenters. The Kier molecular flexibility index (Phi) is 2.58. The molecule has 78 valence electrons. The number of nitrogens with zero attached hydrogens (tertiary/aromatic N) is 3. The third kappa shape index (κ3) is 1.68. The van der Waals surface area contributed by atoms with Crippen LogP contribution >= 0.6 is 23.2 Å². The second-order valence-electron chi connectivity index (χ2n) is 2.86. The van der Waals surface area contributed by atoms with Crippen LogP contribution in [0.3, 0.4) is 0 Å². The Balaban J connectivity index is 2.92. The van der Waals surface area contributed by atoms with Crippen molar-refractivity contribution >= 4 is 34.2 Å². The number of H-pyrrole nitrogens is 1. The molecule has 2 heterocycles. The van der Waals surface area contributed by atoms with E-state index in [4.69, 9.17) is 23.2 Å². The van der Waals surface area contributed by atoms with Crippen LogP contribution < -0.4 is 5.56 Å². The average molecular weight is 245 g/mol. The van der Waals surface area contributed by atoms with Crippen LogP contribution in [0.15, 0.2) is 4.79 Å². The summed E-state index contributed by atoms with van der Waals surface area (Å²) in [4.78, 5) is 19.4. The van der Waals surface area contributed by atoms with Crippen LogP contribution in [0.2, 0.25) is 10.3 Å². The van der Waals surface area contributed by atoms with Gasteiger partial charge in [-0.2, -0.15) is 5.10 Å². The van der Waals surface area contributed by atoms with E-state index in [1.165, 1.54) is 0 Å². The fourth-order valence-electron chi connectivity index (χ4n) is 1.18. The smallest absolute Gasteiger partial charge is 0.265 e. The van der Waals surface area contributed by atoms with Crippen LogP contribution in [0.5, 0.6) is 0 Å². The maximum absolute atomic E-state index is 11.3. The lowest BCUT2D eigenvalue weighted by Gasteiger charge is -2.02. The molecule has 0 unspecified atom stereocenters. The lowest BCUT2D eigenvalue weighted by Crippen LogP contribution is -2.12. The molecule has 0 aliphatic heterocycles. The van der Waals surface area contributed by atoms with Gasteiger partial charge < -0.3 is 0 Å². The van der Waals surface area contributed by atoms with Gasteiger partial charge in [0, 0.05) is 0 Å². The normalized spacial score (nSPS) is 10.9. The average Bonchev–Trinajstić information content (AvgIpc) is 2.23. The van der Waals surface area contributed by atoms with Crippen LogP contribution in [-0.4, -0.2) is 20.2 Å². The highest BCUT2D eigenvalue weighted by Gasteiger charge is 2.11. The molecular weight excluding hydrogens is 239 g/mol. The van der Waals surface area contributed by atoms with E-state index >= 15 is 0 Å². The highest BCUT2D eigenvalue weighted by Crippen LogP contribution is 2.18. The van der Waals surface area contributed by atoms with Crippen molar-refractivity contribution < 1.29 is 0 Å². The summed E-state index contributed by atoms with van der Waals surface area (Å²) in [5, 5.41) is 6.14. The van der Waals surface area contributed by atoms with E-state index in [2.05, 4.69) is 20.2 Å².